The highest BCUT2D eigenvalue weighted by Crippen LogP contribution is 2.57. The Labute approximate surface area is 173 Å². The summed E-state index contributed by atoms with van der Waals surface area (Å²) in [6.45, 7) is -0.795. The van der Waals surface area contributed by atoms with Crippen LogP contribution in [0.15, 0.2) is 4.99 Å². The number of carbonyl (C=O) groups excluding carboxylic acids is 2. The van der Waals surface area contributed by atoms with Crippen molar-refractivity contribution in [2.24, 2.45) is 4.99 Å². The molecule has 3 heterocycles. The summed E-state index contributed by atoms with van der Waals surface area (Å²) < 4.78 is 50.8. The number of rotatable bonds is 8. The smallest absolute Gasteiger partial charge is 0.387 e. The van der Waals surface area contributed by atoms with Crippen LogP contribution in [0.4, 0.5) is 4.79 Å². The second kappa shape index (κ2) is 8.97. The molecule has 8 atom stereocenters. The molecule has 0 aromatic carbocycles. The van der Waals surface area contributed by atoms with Crippen molar-refractivity contribution in [1.82, 2.24) is 15.5 Å². The third kappa shape index (κ3) is 5.16. The van der Waals surface area contributed by atoms with E-state index in [1.54, 1.807) is 0 Å². The van der Waals surface area contributed by atoms with E-state index in [9.17, 15) is 33.5 Å². The number of guanidine groups is 1. The minimum absolute atomic E-state index is 0.262. The standard InChI is InChI=1S/C10H12N5O13P3/c11-9-13-6-3(7(18)14-9)12-10(19)15(6)8-5(17)4(16)2(26-8)1-25-30(22)28-31(23,24)27-29(20)21/h2-5,8,16-17H,1H2,(H3-2,11,12,14,18,19,20,21,23,24)/p+2/t2-,3?,4-,5-,8-/m1/s1. The summed E-state index contributed by atoms with van der Waals surface area (Å²) in [5.74, 6) is -1.59. The van der Waals surface area contributed by atoms with Crippen LogP contribution in [-0.4, -0.2) is 85.8 Å². The lowest BCUT2D eigenvalue weighted by Gasteiger charge is -2.27. The molecule has 0 spiro atoms. The summed E-state index contributed by atoms with van der Waals surface area (Å²) in [5.41, 5.74) is 0. The molecule has 2 fully saturated rings. The van der Waals surface area contributed by atoms with E-state index in [0.29, 0.717) is 0 Å². The number of carbonyl (C=O) groups is 2. The lowest BCUT2D eigenvalue weighted by Crippen LogP contribution is -2.53. The number of hydrogen-bond donors (Lipinski definition) is 7. The topological polar surface area (TPSA) is 267 Å². The summed E-state index contributed by atoms with van der Waals surface area (Å²) in [6, 6.07) is -2.18. The number of amidine groups is 1. The van der Waals surface area contributed by atoms with Crippen molar-refractivity contribution in [1.29, 1.82) is 5.41 Å². The lowest BCUT2D eigenvalue weighted by molar-refractivity contribution is -0.120. The summed E-state index contributed by atoms with van der Waals surface area (Å²) in [7, 11) is -12.1. The SMILES string of the molecule is N=C1N=C2C(NC(=O)N2[C@@H]2O[C@H](CO[P+](=O)OP(=O)(O)O[P+](=O)O)[C@@H](O)[C@H]2O)C(=O)N1. The molecule has 3 amide bonds. The summed E-state index contributed by atoms with van der Waals surface area (Å²) in [6.07, 6.45) is -6.51. The largest absolute Gasteiger partial charge is 0.708 e. The van der Waals surface area contributed by atoms with Gasteiger partial charge >= 0.3 is 30.4 Å². The molecule has 170 valence electrons. The number of amides is 3. The summed E-state index contributed by atoms with van der Waals surface area (Å²) in [4.78, 5) is 46.0. The lowest BCUT2D eigenvalue weighted by atomic mass is 10.1. The number of phosphoric acid groups is 1. The fraction of sp³-hybridized carbons (Fsp3) is 0.600. The molecule has 3 rings (SSSR count). The molecule has 31 heavy (non-hydrogen) atoms. The Balaban J connectivity index is 1.65. The number of aliphatic hydroxyl groups is 2. The predicted molar refractivity (Wildman–Crippen MR) is 93.5 cm³/mol. The fourth-order valence-electron chi connectivity index (χ4n) is 2.80. The number of fused-ring (bicyclic) bond motifs is 1. The first kappa shape index (κ1) is 23.8. The van der Waals surface area contributed by atoms with Crippen LogP contribution in [0.25, 0.3) is 0 Å². The second-order valence-electron chi connectivity index (χ2n) is 6.00. The molecule has 0 aliphatic carbocycles. The molecule has 0 bridgehead atoms. The molecular weight excluding hydrogens is 491 g/mol. The highest BCUT2D eigenvalue weighted by Gasteiger charge is 2.55. The minimum Gasteiger partial charge on any atom is -0.387 e. The van der Waals surface area contributed by atoms with Gasteiger partial charge in [-0.2, -0.15) is 4.99 Å². The van der Waals surface area contributed by atoms with E-state index in [1.807, 2.05) is 0 Å². The van der Waals surface area contributed by atoms with Crippen molar-refractivity contribution < 1.29 is 61.2 Å². The number of aliphatic hydroxyl groups excluding tert-OH is 2. The zero-order valence-corrected chi connectivity index (χ0v) is 17.5. The average Bonchev–Trinajstić information content (AvgIpc) is 3.09. The Morgan fingerprint density at radius 3 is 2.58 bits per heavy atom. The van der Waals surface area contributed by atoms with Gasteiger partial charge in [0.1, 0.15) is 24.9 Å². The molecule has 0 aromatic rings. The Kier molecular flexibility index (Phi) is 6.90. The number of ether oxygens (including phenoxy) is 1. The number of nitrogens with zero attached hydrogens (tertiary/aromatic N) is 2. The molecule has 3 aliphatic heterocycles. The number of urea groups is 1. The molecular formula is C10H14N5O13P3+2. The van der Waals surface area contributed by atoms with E-state index in [2.05, 4.69) is 28.8 Å². The molecule has 0 radical (unpaired) electrons. The van der Waals surface area contributed by atoms with Crippen molar-refractivity contribution in [2.75, 3.05) is 6.61 Å². The molecule has 3 aliphatic rings. The van der Waals surface area contributed by atoms with Crippen molar-refractivity contribution in [3.8, 4) is 0 Å². The van der Waals surface area contributed by atoms with Gasteiger partial charge in [-0.15, -0.1) is 9.42 Å². The van der Waals surface area contributed by atoms with Gasteiger partial charge in [0.15, 0.2) is 18.1 Å². The van der Waals surface area contributed by atoms with Crippen LogP contribution in [0, 0.1) is 5.41 Å². The predicted octanol–water partition coefficient (Wildman–Crippen LogP) is -2.25. The van der Waals surface area contributed by atoms with Gasteiger partial charge in [0.05, 0.1) is 0 Å². The second-order valence-corrected chi connectivity index (χ2v) is 9.42. The fourth-order valence-corrected chi connectivity index (χ4v) is 5.03. The van der Waals surface area contributed by atoms with E-state index in [1.165, 1.54) is 0 Å². The van der Waals surface area contributed by atoms with Crippen molar-refractivity contribution >= 4 is 48.1 Å². The van der Waals surface area contributed by atoms with E-state index < -0.39 is 79.4 Å². The van der Waals surface area contributed by atoms with Crippen LogP contribution in [0.1, 0.15) is 0 Å². The van der Waals surface area contributed by atoms with Gasteiger partial charge in [-0.25, -0.2) is 14.3 Å². The van der Waals surface area contributed by atoms with Crippen molar-refractivity contribution in [3.05, 3.63) is 0 Å². The maximum atomic E-state index is 12.2. The van der Waals surface area contributed by atoms with Crippen LogP contribution in [-0.2, 0) is 36.4 Å². The maximum Gasteiger partial charge on any atom is 0.708 e. The minimum atomic E-state index is -5.19. The van der Waals surface area contributed by atoms with Gasteiger partial charge in [-0.05, 0) is 0 Å². The Morgan fingerprint density at radius 2 is 1.94 bits per heavy atom. The third-order valence-corrected chi connectivity index (χ3v) is 7.10. The van der Waals surface area contributed by atoms with Crippen molar-refractivity contribution in [3.63, 3.8) is 0 Å². The number of aliphatic imine (C=N–C) groups is 1. The van der Waals surface area contributed by atoms with Gasteiger partial charge in [0.25, 0.3) is 5.91 Å². The first-order valence-corrected chi connectivity index (χ1v) is 11.7. The number of nitrogens with one attached hydrogen (secondary N) is 3. The third-order valence-electron chi connectivity index (χ3n) is 4.00. The van der Waals surface area contributed by atoms with Gasteiger partial charge in [-0.3, -0.25) is 20.4 Å². The molecule has 0 aromatic heterocycles. The average molecular weight is 505 g/mol. The number of hydrogen-bond acceptors (Lipinski definition) is 12. The van der Waals surface area contributed by atoms with E-state index in [-0.39, 0.29) is 5.84 Å². The Hall–Kier alpha value is -1.81. The van der Waals surface area contributed by atoms with Gasteiger partial charge < -0.3 is 20.3 Å². The Morgan fingerprint density at radius 1 is 1.26 bits per heavy atom. The van der Waals surface area contributed by atoms with E-state index in [4.69, 9.17) is 19.9 Å². The monoisotopic (exact) mass is 505 g/mol. The highest BCUT2D eigenvalue weighted by atomic mass is 31.3. The van der Waals surface area contributed by atoms with Crippen LogP contribution < -0.4 is 10.6 Å². The van der Waals surface area contributed by atoms with Crippen molar-refractivity contribution in [2.45, 2.75) is 30.6 Å². The van der Waals surface area contributed by atoms with Crippen LogP contribution >= 0.6 is 24.3 Å². The summed E-state index contributed by atoms with van der Waals surface area (Å²) >= 11 is 0. The molecule has 18 nitrogen and oxygen atoms in total. The zero-order chi connectivity index (χ0) is 23.1. The molecule has 21 heteroatoms. The normalized spacial score (nSPS) is 33.3. The van der Waals surface area contributed by atoms with Crippen LogP contribution in [0.5, 0.6) is 0 Å². The van der Waals surface area contributed by atoms with Gasteiger partial charge in [-0.1, -0.05) is 0 Å². The zero-order valence-electron chi connectivity index (χ0n) is 14.8. The van der Waals surface area contributed by atoms with Gasteiger partial charge in [0.2, 0.25) is 5.96 Å². The molecule has 4 unspecified atom stereocenters. The van der Waals surface area contributed by atoms with Crippen LogP contribution in [0.2, 0.25) is 0 Å². The maximum absolute atomic E-state index is 12.2. The molecule has 0 saturated carbocycles. The summed E-state index contributed by atoms with van der Waals surface area (Å²) in [5, 5.41) is 32.2. The van der Waals surface area contributed by atoms with Gasteiger partial charge in [0, 0.05) is 17.8 Å². The molecule has 7 N–H and O–H groups in total. The highest BCUT2D eigenvalue weighted by molar-refractivity contribution is 7.61. The first-order chi connectivity index (χ1) is 14.4. The van der Waals surface area contributed by atoms with E-state index in [0.717, 1.165) is 4.90 Å². The Bertz CT molecular complexity index is 928. The quantitative estimate of drug-likeness (QED) is 0.172. The van der Waals surface area contributed by atoms with Crippen LogP contribution in [0.3, 0.4) is 0 Å². The van der Waals surface area contributed by atoms with E-state index >= 15 is 0 Å². The first-order valence-electron chi connectivity index (χ1n) is 7.97. The molecule has 2 saturated heterocycles.